The average molecular weight is 252 g/mol. The maximum atomic E-state index is 5.92. The Morgan fingerprint density at radius 2 is 2.00 bits per heavy atom. The first kappa shape index (κ1) is 13.7. The van der Waals surface area contributed by atoms with Gasteiger partial charge in [0, 0.05) is 6.04 Å². The highest BCUT2D eigenvalue weighted by Crippen LogP contribution is 2.17. The lowest BCUT2D eigenvalue weighted by molar-refractivity contribution is 0.646. The normalized spacial score (nSPS) is 11.9. The summed E-state index contributed by atoms with van der Waals surface area (Å²) < 4.78 is 0. The molecule has 4 heteroatoms. The molecule has 17 heavy (non-hydrogen) atoms. The highest BCUT2D eigenvalue weighted by atomic mass is 35.5. The van der Waals surface area contributed by atoms with Gasteiger partial charge in [0.15, 0.2) is 0 Å². The molecular weight excluding hydrogens is 234 g/mol. The first-order chi connectivity index (χ1) is 7.79. The van der Waals surface area contributed by atoms with Crippen LogP contribution in [-0.4, -0.2) is 16.0 Å². The molecule has 1 heterocycles. The van der Waals surface area contributed by atoms with E-state index < -0.39 is 0 Å². The van der Waals surface area contributed by atoms with Gasteiger partial charge in [-0.1, -0.05) is 31.2 Å². The maximum absolute atomic E-state index is 5.92. The molecule has 3 nitrogen and oxygen atoms in total. The van der Waals surface area contributed by atoms with Gasteiger partial charge in [0.2, 0.25) is 0 Å². The number of rotatable bonds is 4. The lowest BCUT2D eigenvalue weighted by Crippen LogP contribution is -2.21. The van der Waals surface area contributed by atoms with Crippen LogP contribution in [-0.2, 0) is 6.42 Å². The highest BCUT2D eigenvalue weighted by Gasteiger charge is 2.02. The van der Waals surface area contributed by atoms with Crippen molar-refractivity contribution in [2.24, 2.45) is 5.73 Å². The second kappa shape index (κ2) is 6.42. The van der Waals surface area contributed by atoms with Gasteiger partial charge >= 0.3 is 0 Å². The van der Waals surface area contributed by atoms with E-state index in [0.717, 1.165) is 24.1 Å². The predicted octanol–water partition coefficient (Wildman–Crippen LogP) is 2.78. The van der Waals surface area contributed by atoms with Crippen molar-refractivity contribution in [2.75, 3.05) is 0 Å². The molecule has 0 aliphatic carbocycles. The molecule has 0 bridgehead atoms. The van der Waals surface area contributed by atoms with Gasteiger partial charge < -0.3 is 10.7 Å². The number of hydrogen-bond acceptors (Lipinski definition) is 2. The van der Waals surface area contributed by atoms with Crippen molar-refractivity contribution in [2.45, 2.75) is 25.8 Å². The van der Waals surface area contributed by atoms with Crippen LogP contribution < -0.4 is 5.73 Å². The van der Waals surface area contributed by atoms with E-state index in [4.69, 9.17) is 5.73 Å². The Bertz CT molecular complexity index is 422. The van der Waals surface area contributed by atoms with Gasteiger partial charge in [0.05, 0.1) is 18.2 Å². The van der Waals surface area contributed by atoms with Crippen molar-refractivity contribution in [3.05, 3.63) is 42.4 Å². The van der Waals surface area contributed by atoms with Crippen LogP contribution in [0, 0.1) is 0 Å². The third kappa shape index (κ3) is 3.58. The molecule has 0 amide bonds. The zero-order valence-electron chi connectivity index (χ0n) is 9.89. The molecule has 1 aromatic heterocycles. The van der Waals surface area contributed by atoms with Gasteiger partial charge in [0.25, 0.3) is 0 Å². The zero-order valence-corrected chi connectivity index (χ0v) is 10.7. The molecule has 2 aromatic rings. The first-order valence-corrected chi connectivity index (χ1v) is 5.63. The summed E-state index contributed by atoms with van der Waals surface area (Å²) in [6.07, 6.45) is 5.48. The van der Waals surface area contributed by atoms with Crippen molar-refractivity contribution in [3.8, 4) is 11.3 Å². The summed E-state index contributed by atoms with van der Waals surface area (Å²) in [6, 6.07) is 8.73. The minimum atomic E-state index is 0. The lowest BCUT2D eigenvalue weighted by atomic mass is 10.0. The number of aromatic nitrogens is 2. The number of benzene rings is 1. The molecule has 92 valence electrons. The van der Waals surface area contributed by atoms with Crippen molar-refractivity contribution >= 4 is 12.4 Å². The smallest absolute Gasteiger partial charge is 0.0924 e. The van der Waals surface area contributed by atoms with Crippen LogP contribution in [0.2, 0.25) is 0 Å². The molecule has 0 spiro atoms. The topological polar surface area (TPSA) is 54.7 Å². The molecule has 1 atom stereocenters. The number of nitrogens with two attached hydrogens (primary N) is 1. The van der Waals surface area contributed by atoms with Gasteiger partial charge in [-0.25, -0.2) is 4.98 Å². The van der Waals surface area contributed by atoms with Crippen molar-refractivity contribution in [3.63, 3.8) is 0 Å². The number of H-pyrrole nitrogens is 1. The first-order valence-electron chi connectivity index (χ1n) is 5.63. The minimum absolute atomic E-state index is 0. The van der Waals surface area contributed by atoms with E-state index in [0.29, 0.717) is 0 Å². The number of aromatic amines is 1. The third-order valence-electron chi connectivity index (χ3n) is 2.79. The van der Waals surface area contributed by atoms with Crippen molar-refractivity contribution in [1.82, 2.24) is 9.97 Å². The van der Waals surface area contributed by atoms with Crippen LogP contribution in [0.1, 0.15) is 18.9 Å². The van der Waals surface area contributed by atoms with Crippen LogP contribution >= 0.6 is 12.4 Å². The number of hydrogen-bond donors (Lipinski definition) is 2. The lowest BCUT2D eigenvalue weighted by Gasteiger charge is -2.08. The third-order valence-corrected chi connectivity index (χ3v) is 2.79. The van der Waals surface area contributed by atoms with Crippen molar-refractivity contribution < 1.29 is 0 Å². The number of imidazole rings is 1. The van der Waals surface area contributed by atoms with Gasteiger partial charge in [-0.3, -0.25) is 0 Å². The Kier molecular flexibility index (Phi) is 5.19. The molecule has 0 aliphatic rings. The standard InChI is InChI=1S/C13H17N3.ClH/c1-2-12(14)7-10-3-5-11(6-4-10)13-8-15-9-16-13;/h3-6,8-9,12H,2,7,14H2,1H3,(H,15,16);1H. The van der Waals surface area contributed by atoms with E-state index >= 15 is 0 Å². The molecule has 0 saturated heterocycles. The number of halogens is 1. The van der Waals surface area contributed by atoms with Gasteiger partial charge in [-0.2, -0.15) is 0 Å². The fourth-order valence-electron chi connectivity index (χ4n) is 1.68. The molecule has 0 fully saturated rings. The van der Waals surface area contributed by atoms with Gasteiger partial charge in [-0.05, 0) is 24.0 Å². The SMILES string of the molecule is CCC(N)Cc1ccc(-c2cnc[nH]2)cc1.Cl. The number of nitrogens with zero attached hydrogens (tertiary/aromatic N) is 1. The molecule has 3 N–H and O–H groups in total. The summed E-state index contributed by atoms with van der Waals surface area (Å²) in [6.45, 7) is 2.11. The van der Waals surface area contributed by atoms with E-state index in [2.05, 4.69) is 41.2 Å². The largest absolute Gasteiger partial charge is 0.345 e. The predicted molar refractivity (Wildman–Crippen MR) is 73.2 cm³/mol. The molecular formula is C13H18ClN3. The van der Waals surface area contributed by atoms with Crippen LogP contribution in [0.3, 0.4) is 0 Å². The average Bonchev–Trinajstić information content (AvgIpc) is 2.83. The summed E-state index contributed by atoms with van der Waals surface area (Å²) in [5.74, 6) is 0. The molecule has 1 unspecified atom stereocenters. The second-order valence-corrected chi connectivity index (χ2v) is 4.03. The van der Waals surface area contributed by atoms with Crippen LogP contribution in [0.15, 0.2) is 36.8 Å². The van der Waals surface area contributed by atoms with Crippen LogP contribution in [0.5, 0.6) is 0 Å². The summed E-state index contributed by atoms with van der Waals surface area (Å²) in [5.41, 5.74) is 9.42. The minimum Gasteiger partial charge on any atom is -0.345 e. The molecule has 1 aromatic carbocycles. The van der Waals surface area contributed by atoms with E-state index in [9.17, 15) is 0 Å². The Balaban J connectivity index is 0.00000144. The quantitative estimate of drug-likeness (QED) is 0.878. The van der Waals surface area contributed by atoms with Crippen LogP contribution in [0.4, 0.5) is 0 Å². The molecule has 0 aliphatic heterocycles. The highest BCUT2D eigenvalue weighted by molar-refractivity contribution is 5.85. The van der Waals surface area contributed by atoms with Gasteiger partial charge in [0.1, 0.15) is 0 Å². The molecule has 2 rings (SSSR count). The fourth-order valence-corrected chi connectivity index (χ4v) is 1.68. The van der Waals surface area contributed by atoms with E-state index in [-0.39, 0.29) is 18.4 Å². The maximum Gasteiger partial charge on any atom is 0.0924 e. The van der Waals surface area contributed by atoms with E-state index in [1.807, 2.05) is 6.20 Å². The fraction of sp³-hybridized carbons (Fsp3) is 0.308. The Morgan fingerprint density at radius 3 is 2.53 bits per heavy atom. The number of nitrogens with one attached hydrogen (secondary N) is 1. The Labute approximate surface area is 108 Å². The Hall–Kier alpha value is -1.32. The Morgan fingerprint density at radius 1 is 1.29 bits per heavy atom. The zero-order chi connectivity index (χ0) is 11.4. The van der Waals surface area contributed by atoms with E-state index in [1.54, 1.807) is 6.33 Å². The molecule has 0 radical (unpaired) electrons. The summed E-state index contributed by atoms with van der Waals surface area (Å²) in [4.78, 5) is 7.10. The van der Waals surface area contributed by atoms with Crippen molar-refractivity contribution in [1.29, 1.82) is 0 Å². The summed E-state index contributed by atoms with van der Waals surface area (Å²) in [5, 5.41) is 0. The van der Waals surface area contributed by atoms with Gasteiger partial charge in [-0.15, -0.1) is 12.4 Å². The summed E-state index contributed by atoms with van der Waals surface area (Å²) in [7, 11) is 0. The summed E-state index contributed by atoms with van der Waals surface area (Å²) >= 11 is 0. The second-order valence-electron chi connectivity index (χ2n) is 4.03. The molecule has 0 saturated carbocycles. The monoisotopic (exact) mass is 251 g/mol. The van der Waals surface area contributed by atoms with E-state index in [1.165, 1.54) is 5.56 Å². The van der Waals surface area contributed by atoms with Crippen LogP contribution in [0.25, 0.3) is 11.3 Å².